The number of ether oxygens (including phenoxy) is 3. The van der Waals surface area contributed by atoms with Crippen LogP contribution in [0.2, 0.25) is 0 Å². The summed E-state index contributed by atoms with van der Waals surface area (Å²) in [6, 6.07) is 10.3. The van der Waals surface area contributed by atoms with Gasteiger partial charge in [-0.2, -0.15) is 0 Å². The summed E-state index contributed by atoms with van der Waals surface area (Å²) in [5, 5.41) is 2.59. The standard InChI is InChI=1S/C21H19IN2O5S/c1-4-29-17-11-12(10-16(22)18(17)28-3)9-15-19(25)23-21(30)24(20(15)26)13-5-7-14(27-2)8-6-13/h5-11H,4H2,1-3H3,(H,23,25,30)/b15-9-. The number of methoxy groups -OCH3 is 2. The number of halogens is 1. The summed E-state index contributed by atoms with van der Waals surface area (Å²) in [4.78, 5) is 26.9. The summed E-state index contributed by atoms with van der Waals surface area (Å²) in [7, 11) is 3.11. The maximum absolute atomic E-state index is 13.1. The number of hydrogen-bond donors (Lipinski definition) is 1. The number of carbonyl (C=O) groups is 2. The van der Waals surface area contributed by atoms with Gasteiger partial charge in [-0.25, -0.2) is 0 Å². The predicted octanol–water partition coefficient (Wildman–Crippen LogP) is 3.54. The van der Waals surface area contributed by atoms with Crippen molar-refractivity contribution in [3.05, 3.63) is 51.1 Å². The van der Waals surface area contributed by atoms with E-state index in [1.807, 2.05) is 6.92 Å². The number of rotatable bonds is 6. The lowest BCUT2D eigenvalue weighted by Gasteiger charge is -2.29. The molecular weight excluding hydrogens is 519 g/mol. The molecule has 1 fully saturated rings. The molecular formula is C21H19IN2O5S. The first-order chi connectivity index (χ1) is 14.4. The first-order valence-corrected chi connectivity index (χ1v) is 10.4. The molecule has 0 radical (unpaired) electrons. The Morgan fingerprint density at radius 2 is 1.83 bits per heavy atom. The van der Waals surface area contributed by atoms with Crippen molar-refractivity contribution in [2.24, 2.45) is 0 Å². The Bertz CT molecular complexity index is 1040. The Kier molecular flexibility index (Phi) is 6.93. The first kappa shape index (κ1) is 22.0. The first-order valence-electron chi connectivity index (χ1n) is 8.95. The van der Waals surface area contributed by atoms with Gasteiger partial charge in [0.15, 0.2) is 16.6 Å². The molecule has 7 nitrogen and oxygen atoms in total. The summed E-state index contributed by atoms with van der Waals surface area (Å²) in [5.41, 5.74) is 1.11. The summed E-state index contributed by atoms with van der Waals surface area (Å²) in [6.45, 7) is 2.31. The molecule has 156 valence electrons. The van der Waals surface area contributed by atoms with E-state index in [1.54, 1.807) is 50.6 Å². The lowest BCUT2D eigenvalue weighted by atomic mass is 10.1. The van der Waals surface area contributed by atoms with Crippen LogP contribution in [0.15, 0.2) is 42.0 Å². The largest absolute Gasteiger partial charge is 0.497 e. The van der Waals surface area contributed by atoms with E-state index < -0.39 is 11.8 Å². The molecule has 2 aromatic carbocycles. The van der Waals surface area contributed by atoms with E-state index in [0.717, 1.165) is 3.57 Å². The number of anilines is 1. The zero-order valence-corrected chi connectivity index (χ0v) is 19.5. The van der Waals surface area contributed by atoms with Crippen molar-refractivity contribution in [3.8, 4) is 17.2 Å². The van der Waals surface area contributed by atoms with E-state index >= 15 is 0 Å². The molecule has 0 aromatic heterocycles. The van der Waals surface area contributed by atoms with Gasteiger partial charge >= 0.3 is 0 Å². The Morgan fingerprint density at radius 3 is 2.43 bits per heavy atom. The van der Waals surface area contributed by atoms with Crippen molar-refractivity contribution in [3.63, 3.8) is 0 Å². The van der Waals surface area contributed by atoms with Gasteiger partial charge in [-0.05, 0) is 89.8 Å². The van der Waals surface area contributed by atoms with Crippen LogP contribution in [0.1, 0.15) is 12.5 Å². The molecule has 1 aliphatic rings. The highest BCUT2D eigenvalue weighted by Gasteiger charge is 2.34. The molecule has 0 aliphatic carbocycles. The van der Waals surface area contributed by atoms with E-state index in [2.05, 4.69) is 27.9 Å². The number of amides is 2. The fraction of sp³-hybridized carbons (Fsp3) is 0.190. The maximum Gasteiger partial charge on any atom is 0.270 e. The molecule has 1 heterocycles. The minimum absolute atomic E-state index is 0.0200. The second kappa shape index (κ2) is 9.43. The fourth-order valence-electron chi connectivity index (χ4n) is 2.92. The van der Waals surface area contributed by atoms with Crippen molar-refractivity contribution in [2.75, 3.05) is 25.7 Å². The quantitative estimate of drug-likeness (QED) is 0.263. The Labute approximate surface area is 193 Å². The lowest BCUT2D eigenvalue weighted by molar-refractivity contribution is -0.122. The van der Waals surface area contributed by atoms with Gasteiger partial charge in [-0.1, -0.05) is 0 Å². The fourth-order valence-corrected chi connectivity index (χ4v) is 4.05. The highest BCUT2D eigenvalue weighted by Crippen LogP contribution is 2.35. The second-order valence-electron chi connectivity index (χ2n) is 6.12. The molecule has 9 heteroatoms. The molecule has 1 saturated heterocycles. The van der Waals surface area contributed by atoms with Crippen LogP contribution in [0.25, 0.3) is 6.08 Å². The molecule has 1 aliphatic heterocycles. The topological polar surface area (TPSA) is 77.1 Å². The van der Waals surface area contributed by atoms with E-state index in [1.165, 1.54) is 11.0 Å². The van der Waals surface area contributed by atoms with Crippen molar-refractivity contribution in [2.45, 2.75) is 6.92 Å². The van der Waals surface area contributed by atoms with Gasteiger partial charge in [-0.15, -0.1) is 0 Å². The van der Waals surface area contributed by atoms with Crippen LogP contribution in [0.3, 0.4) is 0 Å². The molecule has 2 aromatic rings. The van der Waals surface area contributed by atoms with Gasteiger partial charge in [0.1, 0.15) is 11.3 Å². The van der Waals surface area contributed by atoms with Gasteiger partial charge in [0.25, 0.3) is 11.8 Å². The Balaban J connectivity index is 2.02. The lowest BCUT2D eigenvalue weighted by Crippen LogP contribution is -2.54. The third-order valence-corrected chi connectivity index (χ3v) is 5.37. The van der Waals surface area contributed by atoms with Crippen molar-refractivity contribution >= 4 is 63.5 Å². The average molecular weight is 538 g/mol. The number of nitrogens with one attached hydrogen (secondary N) is 1. The van der Waals surface area contributed by atoms with Crippen molar-refractivity contribution in [1.82, 2.24) is 5.32 Å². The molecule has 2 amide bonds. The summed E-state index contributed by atoms with van der Waals surface area (Å²) >= 11 is 7.34. The highest BCUT2D eigenvalue weighted by molar-refractivity contribution is 14.1. The predicted molar refractivity (Wildman–Crippen MR) is 126 cm³/mol. The third kappa shape index (κ3) is 4.41. The Morgan fingerprint density at radius 1 is 1.13 bits per heavy atom. The van der Waals surface area contributed by atoms with E-state index in [4.69, 9.17) is 26.4 Å². The summed E-state index contributed by atoms with van der Waals surface area (Å²) in [6.07, 6.45) is 1.51. The number of nitrogens with zero attached hydrogens (tertiary/aromatic N) is 1. The van der Waals surface area contributed by atoms with Gasteiger partial charge < -0.3 is 14.2 Å². The average Bonchev–Trinajstić information content (AvgIpc) is 2.71. The van der Waals surface area contributed by atoms with E-state index in [9.17, 15) is 9.59 Å². The third-order valence-electron chi connectivity index (χ3n) is 4.28. The monoisotopic (exact) mass is 538 g/mol. The van der Waals surface area contributed by atoms with Gasteiger partial charge in [0.05, 0.1) is 30.1 Å². The number of thiocarbonyl (C=S) groups is 1. The van der Waals surface area contributed by atoms with Crippen LogP contribution in [0, 0.1) is 3.57 Å². The van der Waals surface area contributed by atoms with Crippen molar-refractivity contribution in [1.29, 1.82) is 0 Å². The minimum atomic E-state index is -0.557. The normalized spacial score (nSPS) is 15.3. The Hall–Kier alpha value is -2.66. The molecule has 30 heavy (non-hydrogen) atoms. The zero-order valence-electron chi connectivity index (χ0n) is 16.5. The highest BCUT2D eigenvalue weighted by atomic mass is 127. The summed E-state index contributed by atoms with van der Waals surface area (Å²) in [5.74, 6) is 0.700. The van der Waals surface area contributed by atoms with Crippen LogP contribution in [-0.4, -0.2) is 37.8 Å². The molecule has 1 N–H and O–H groups in total. The molecule has 0 spiro atoms. The molecule has 0 atom stereocenters. The van der Waals surface area contributed by atoms with E-state index in [0.29, 0.717) is 35.1 Å². The van der Waals surface area contributed by atoms with Crippen LogP contribution >= 0.6 is 34.8 Å². The zero-order chi connectivity index (χ0) is 21.8. The molecule has 0 bridgehead atoms. The van der Waals surface area contributed by atoms with Crippen LogP contribution in [0.5, 0.6) is 17.2 Å². The summed E-state index contributed by atoms with van der Waals surface area (Å²) < 4.78 is 17.0. The van der Waals surface area contributed by atoms with E-state index in [-0.39, 0.29) is 10.7 Å². The molecule has 3 rings (SSSR count). The van der Waals surface area contributed by atoms with Crippen LogP contribution < -0.4 is 24.4 Å². The minimum Gasteiger partial charge on any atom is -0.497 e. The smallest absolute Gasteiger partial charge is 0.270 e. The number of carbonyl (C=O) groups excluding carboxylic acids is 2. The van der Waals surface area contributed by atoms with Crippen LogP contribution in [0.4, 0.5) is 5.69 Å². The number of hydrogen-bond acceptors (Lipinski definition) is 6. The van der Waals surface area contributed by atoms with Crippen molar-refractivity contribution < 1.29 is 23.8 Å². The van der Waals surface area contributed by atoms with Crippen LogP contribution in [-0.2, 0) is 9.59 Å². The maximum atomic E-state index is 13.1. The molecule has 0 unspecified atom stereocenters. The SMILES string of the molecule is CCOc1cc(/C=C2/C(=O)NC(=S)N(c3ccc(OC)cc3)C2=O)cc(I)c1OC. The van der Waals surface area contributed by atoms with Gasteiger partial charge in [-0.3, -0.25) is 19.8 Å². The number of benzene rings is 2. The van der Waals surface area contributed by atoms with Gasteiger partial charge in [0, 0.05) is 0 Å². The molecule has 0 saturated carbocycles. The second-order valence-corrected chi connectivity index (χ2v) is 7.67. The van der Waals surface area contributed by atoms with Gasteiger partial charge in [0.2, 0.25) is 0 Å².